The summed E-state index contributed by atoms with van der Waals surface area (Å²) in [7, 11) is 4.21. The van der Waals surface area contributed by atoms with Crippen LogP contribution < -0.4 is 9.47 Å². The second-order valence-electron chi connectivity index (χ2n) is 8.36. The summed E-state index contributed by atoms with van der Waals surface area (Å²) in [6.45, 7) is 1.33. The highest BCUT2D eigenvalue weighted by atomic mass is 32.2. The van der Waals surface area contributed by atoms with Crippen LogP contribution in [0.4, 0.5) is 0 Å². The van der Waals surface area contributed by atoms with Crippen molar-refractivity contribution < 1.29 is 38.2 Å². The van der Waals surface area contributed by atoms with Gasteiger partial charge in [0.1, 0.15) is 5.69 Å². The molecule has 0 bridgehead atoms. The van der Waals surface area contributed by atoms with Gasteiger partial charge in [0, 0.05) is 23.4 Å². The minimum absolute atomic E-state index is 0.0695. The molecule has 0 aliphatic carbocycles. The number of benzene rings is 2. The van der Waals surface area contributed by atoms with Crippen molar-refractivity contribution in [2.24, 2.45) is 0 Å². The second kappa shape index (κ2) is 12.2. The number of pyridine rings is 1. The van der Waals surface area contributed by atoms with E-state index in [0.717, 1.165) is 0 Å². The number of carbonyl (C=O) groups is 2. The highest BCUT2D eigenvalue weighted by Gasteiger charge is 2.28. The monoisotopic (exact) mass is 553 g/mol. The maximum atomic E-state index is 13.6. The van der Waals surface area contributed by atoms with E-state index in [2.05, 4.69) is 9.97 Å². The van der Waals surface area contributed by atoms with Gasteiger partial charge in [0.15, 0.2) is 30.1 Å². The van der Waals surface area contributed by atoms with Gasteiger partial charge >= 0.3 is 17.1 Å². The zero-order valence-electron chi connectivity index (χ0n) is 21.7. The molecule has 2 heterocycles. The Balaban J connectivity index is 1.72. The Morgan fingerprint density at radius 2 is 1.85 bits per heavy atom. The molecule has 2 aromatic heterocycles. The average molecular weight is 554 g/mol. The second-order valence-corrected chi connectivity index (χ2v) is 9.70. The summed E-state index contributed by atoms with van der Waals surface area (Å²) in [6.07, 6.45) is 0.00290. The molecule has 0 fully saturated rings. The highest BCUT2D eigenvalue weighted by molar-refractivity contribution is 7.90. The van der Waals surface area contributed by atoms with Crippen LogP contribution in [0.25, 0.3) is 11.0 Å². The fraction of sp³-hybridized carbons (Fsp3) is 0.259. The maximum absolute atomic E-state index is 13.6. The molecule has 0 radical (unpaired) electrons. The topological polar surface area (TPSA) is 145 Å². The molecule has 0 aliphatic rings. The van der Waals surface area contributed by atoms with E-state index in [1.807, 2.05) is 0 Å². The largest absolute Gasteiger partial charge is 0.609 e. The summed E-state index contributed by atoms with van der Waals surface area (Å²) < 4.78 is 36.1. The Labute approximate surface area is 227 Å². The number of aliphatic hydroxyl groups excluding tert-OH is 1. The minimum Gasteiger partial charge on any atom is -0.609 e. The van der Waals surface area contributed by atoms with Crippen molar-refractivity contribution in [2.45, 2.75) is 30.7 Å². The van der Waals surface area contributed by atoms with E-state index in [0.29, 0.717) is 44.9 Å². The molecule has 0 saturated heterocycles. The van der Waals surface area contributed by atoms with Crippen LogP contribution in [0.3, 0.4) is 0 Å². The number of rotatable bonds is 10. The molecule has 204 valence electrons. The Morgan fingerprint density at radius 3 is 2.51 bits per heavy atom. The van der Waals surface area contributed by atoms with E-state index >= 15 is 0 Å². The van der Waals surface area contributed by atoms with Crippen LogP contribution in [0.1, 0.15) is 33.3 Å². The molecule has 4 aromatic rings. The predicted octanol–water partition coefficient (Wildman–Crippen LogP) is 3.09. The van der Waals surface area contributed by atoms with Crippen LogP contribution in [-0.4, -0.2) is 57.5 Å². The average Bonchev–Trinajstić information content (AvgIpc) is 3.32. The number of aryl methyl sites for hydroxylation is 1. The molecule has 1 N–H and O–H groups in total. The van der Waals surface area contributed by atoms with Crippen molar-refractivity contribution >= 4 is 34.1 Å². The number of nitrogens with zero attached hydrogens (tertiary/aromatic N) is 3. The third-order valence-corrected chi connectivity index (χ3v) is 7.23. The van der Waals surface area contributed by atoms with E-state index in [4.69, 9.17) is 18.9 Å². The number of fused-ring (bicyclic) bond motifs is 1. The molecule has 11 nitrogen and oxygen atoms in total. The SMILES string of the molecule is COC(=O)c1cc2nc([S+]([O-])Cc3nccc(OC)c3OC)n(COC(=O)[C@H](O)c3ccccc3)c2cc1C. The van der Waals surface area contributed by atoms with Gasteiger partial charge in [0.25, 0.3) is 0 Å². The Bertz CT molecular complexity index is 1490. The lowest BCUT2D eigenvalue weighted by Gasteiger charge is -2.16. The molecule has 0 aliphatic heterocycles. The molecule has 1 unspecified atom stereocenters. The number of aliphatic hydroxyl groups is 1. The third kappa shape index (κ3) is 5.82. The van der Waals surface area contributed by atoms with Gasteiger partial charge in [-0.2, -0.15) is 4.98 Å². The summed E-state index contributed by atoms with van der Waals surface area (Å²) in [5, 5.41) is 10.5. The van der Waals surface area contributed by atoms with Crippen LogP contribution in [0.5, 0.6) is 11.5 Å². The van der Waals surface area contributed by atoms with Crippen LogP contribution in [-0.2, 0) is 37.9 Å². The summed E-state index contributed by atoms with van der Waals surface area (Å²) in [5.74, 6) is -0.770. The molecular formula is C27H27N3O8S. The summed E-state index contributed by atoms with van der Waals surface area (Å²) in [4.78, 5) is 33.7. The smallest absolute Gasteiger partial charge is 0.341 e. The normalized spacial score (nSPS) is 12.6. The first-order chi connectivity index (χ1) is 18.8. The van der Waals surface area contributed by atoms with Crippen molar-refractivity contribution in [1.29, 1.82) is 0 Å². The molecular weight excluding hydrogens is 526 g/mol. The van der Waals surface area contributed by atoms with E-state index < -0.39 is 29.2 Å². The number of aromatic nitrogens is 3. The minimum atomic E-state index is -1.80. The van der Waals surface area contributed by atoms with E-state index in [1.54, 1.807) is 49.4 Å². The van der Waals surface area contributed by atoms with Gasteiger partial charge in [-0.05, 0) is 30.2 Å². The summed E-state index contributed by atoms with van der Waals surface area (Å²) in [6, 6.07) is 13.2. The van der Waals surface area contributed by atoms with Crippen LogP contribution in [0, 0.1) is 6.92 Å². The Morgan fingerprint density at radius 1 is 1.10 bits per heavy atom. The van der Waals surface area contributed by atoms with Gasteiger partial charge in [-0.25, -0.2) is 14.2 Å². The van der Waals surface area contributed by atoms with Gasteiger partial charge in [0.05, 0.1) is 37.9 Å². The van der Waals surface area contributed by atoms with Crippen molar-refractivity contribution in [2.75, 3.05) is 21.3 Å². The van der Waals surface area contributed by atoms with Crippen molar-refractivity contribution in [3.63, 3.8) is 0 Å². The van der Waals surface area contributed by atoms with Crippen LogP contribution >= 0.6 is 0 Å². The van der Waals surface area contributed by atoms with Gasteiger partial charge < -0.3 is 28.6 Å². The lowest BCUT2D eigenvalue weighted by Crippen LogP contribution is -2.20. The maximum Gasteiger partial charge on any atom is 0.341 e. The lowest BCUT2D eigenvalue weighted by atomic mass is 10.1. The summed E-state index contributed by atoms with van der Waals surface area (Å²) >= 11 is -1.80. The quantitative estimate of drug-likeness (QED) is 0.230. The number of hydrogen-bond donors (Lipinski definition) is 1. The Hall–Kier alpha value is -4.13. The standard InChI is InChI=1S/C27H27N3O8S/c1-16-12-21-19(13-18(16)25(32)37-4)29-27(39(34)14-20-24(36-3)22(35-2)10-11-28-20)30(21)15-38-26(33)23(31)17-8-6-5-7-9-17/h5-13,23,31H,14-15H2,1-4H3/t23-,39?/m1/s1. The van der Waals surface area contributed by atoms with Gasteiger partial charge in [-0.15, -0.1) is 0 Å². The van der Waals surface area contributed by atoms with Crippen LogP contribution in [0.2, 0.25) is 0 Å². The van der Waals surface area contributed by atoms with Gasteiger partial charge in [-0.3, -0.25) is 4.98 Å². The van der Waals surface area contributed by atoms with Gasteiger partial charge in [0.2, 0.25) is 0 Å². The number of carbonyl (C=O) groups excluding carboxylic acids is 2. The molecule has 0 amide bonds. The van der Waals surface area contributed by atoms with E-state index in [-0.39, 0.29) is 17.6 Å². The first-order valence-electron chi connectivity index (χ1n) is 11.7. The fourth-order valence-electron chi connectivity index (χ4n) is 4.00. The molecule has 2 atom stereocenters. The first kappa shape index (κ1) is 27.9. The van der Waals surface area contributed by atoms with Crippen molar-refractivity contribution in [1.82, 2.24) is 14.5 Å². The van der Waals surface area contributed by atoms with E-state index in [9.17, 15) is 19.2 Å². The molecule has 0 saturated carbocycles. The zero-order chi connectivity index (χ0) is 28.1. The number of imidazole rings is 1. The number of methoxy groups -OCH3 is 3. The first-order valence-corrected chi connectivity index (χ1v) is 13.0. The molecule has 12 heteroatoms. The van der Waals surface area contributed by atoms with Crippen molar-refractivity contribution in [3.8, 4) is 11.5 Å². The molecule has 2 aromatic carbocycles. The number of hydrogen-bond acceptors (Lipinski definition) is 10. The summed E-state index contributed by atoms with van der Waals surface area (Å²) in [5.41, 5.74) is 2.43. The number of ether oxygens (including phenoxy) is 4. The molecule has 39 heavy (non-hydrogen) atoms. The Kier molecular flexibility index (Phi) is 8.69. The molecule has 4 rings (SSSR count). The highest BCUT2D eigenvalue weighted by Crippen LogP contribution is 2.32. The van der Waals surface area contributed by atoms with Gasteiger partial charge in [-0.1, -0.05) is 30.3 Å². The zero-order valence-corrected chi connectivity index (χ0v) is 22.6. The third-order valence-electron chi connectivity index (χ3n) is 5.98. The lowest BCUT2D eigenvalue weighted by molar-refractivity contribution is -0.158. The van der Waals surface area contributed by atoms with E-state index in [1.165, 1.54) is 38.2 Å². The van der Waals surface area contributed by atoms with Crippen LogP contribution in [0.15, 0.2) is 59.9 Å². The fourth-order valence-corrected chi connectivity index (χ4v) is 5.18. The molecule has 0 spiro atoms. The predicted molar refractivity (Wildman–Crippen MR) is 141 cm³/mol. The number of esters is 2. The van der Waals surface area contributed by atoms with Crippen molar-refractivity contribution in [3.05, 3.63) is 77.1 Å².